The molecule has 0 aliphatic heterocycles. The lowest BCUT2D eigenvalue weighted by Crippen LogP contribution is -2.27. The Morgan fingerprint density at radius 3 is 2.95 bits per heavy atom. The third-order valence-corrected chi connectivity index (χ3v) is 4.24. The Balaban J connectivity index is 2.57. The number of rotatable bonds is 6. The second kappa shape index (κ2) is 9.27. The van der Waals surface area contributed by atoms with Crippen LogP contribution in [0, 0.1) is 11.8 Å². The number of carbonyl (C=O) groups excluding carboxylic acids is 1. The first-order valence-electron chi connectivity index (χ1n) is 6.69. The van der Waals surface area contributed by atoms with Crippen LogP contribution < -0.4 is 5.32 Å². The summed E-state index contributed by atoms with van der Waals surface area (Å²) in [5, 5.41) is 11.5. The van der Waals surface area contributed by atoms with E-state index in [1.165, 1.54) is 6.20 Å². The summed E-state index contributed by atoms with van der Waals surface area (Å²) >= 11 is 0. The highest BCUT2D eigenvalue weighted by molar-refractivity contribution is 7.84. The van der Waals surface area contributed by atoms with Gasteiger partial charge in [-0.25, -0.2) is 0 Å². The summed E-state index contributed by atoms with van der Waals surface area (Å²) in [7, 11) is -0.880. The van der Waals surface area contributed by atoms with Crippen LogP contribution in [0.2, 0.25) is 0 Å². The van der Waals surface area contributed by atoms with Gasteiger partial charge in [-0.05, 0) is 12.5 Å². The highest BCUT2D eigenvalue weighted by Crippen LogP contribution is 2.03. The van der Waals surface area contributed by atoms with Crippen LogP contribution in [0.1, 0.15) is 35.7 Å². The van der Waals surface area contributed by atoms with Gasteiger partial charge in [-0.15, -0.1) is 0 Å². The van der Waals surface area contributed by atoms with Crippen LogP contribution in [0.3, 0.4) is 0 Å². The molecule has 1 aromatic rings. The summed E-state index contributed by atoms with van der Waals surface area (Å²) in [5.74, 6) is 5.40. The highest BCUT2D eigenvalue weighted by Gasteiger charge is 2.09. The number of carbonyl (C=O) groups is 1. The Morgan fingerprint density at radius 2 is 2.29 bits per heavy atom. The van der Waals surface area contributed by atoms with Gasteiger partial charge >= 0.3 is 0 Å². The Morgan fingerprint density at radius 1 is 1.52 bits per heavy atom. The minimum absolute atomic E-state index is 0.0115. The van der Waals surface area contributed by atoms with Crippen molar-refractivity contribution in [3.63, 3.8) is 0 Å². The number of nitrogens with one attached hydrogen (secondary N) is 1. The lowest BCUT2D eigenvalue weighted by molar-refractivity contribution is 0.0953. The van der Waals surface area contributed by atoms with Crippen molar-refractivity contribution in [3.05, 3.63) is 29.6 Å². The Kier molecular flexibility index (Phi) is 7.65. The molecule has 0 spiro atoms. The molecule has 0 saturated carbocycles. The van der Waals surface area contributed by atoms with E-state index in [9.17, 15) is 9.00 Å². The Bertz CT molecular complexity index is 564. The minimum atomic E-state index is -0.880. The molecule has 0 saturated heterocycles. The lowest BCUT2D eigenvalue weighted by Gasteiger charge is -2.09. The average molecular weight is 308 g/mol. The average Bonchev–Trinajstić information content (AvgIpc) is 2.47. The van der Waals surface area contributed by atoms with Crippen LogP contribution in [0.15, 0.2) is 18.5 Å². The summed E-state index contributed by atoms with van der Waals surface area (Å²) < 4.78 is 11.2. The van der Waals surface area contributed by atoms with Gasteiger partial charge in [0.15, 0.2) is 0 Å². The first-order valence-corrected chi connectivity index (χ1v) is 8.32. The summed E-state index contributed by atoms with van der Waals surface area (Å²) in [4.78, 5) is 15.9. The number of hydrogen-bond donors (Lipinski definition) is 2. The van der Waals surface area contributed by atoms with Crippen LogP contribution >= 0.6 is 0 Å². The van der Waals surface area contributed by atoms with Crippen molar-refractivity contribution in [2.24, 2.45) is 0 Å². The Hall–Kier alpha value is -1.71. The van der Waals surface area contributed by atoms with Crippen LogP contribution in [0.4, 0.5) is 0 Å². The topological polar surface area (TPSA) is 79.3 Å². The fourth-order valence-corrected chi connectivity index (χ4v) is 1.96. The van der Waals surface area contributed by atoms with E-state index in [1.807, 2.05) is 6.92 Å². The molecule has 2 unspecified atom stereocenters. The predicted octanol–water partition coefficient (Wildman–Crippen LogP) is 0.702. The molecule has 1 rings (SSSR count). The van der Waals surface area contributed by atoms with Gasteiger partial charge in [-0.1, -0.05) is 18.8 Å². The van der Waals surface area contributed by atoms with Crippen LogP contribution in [-0.2, 0) is 10.8 Å². The molecule has 0 radical (unpaired) electrons. The van der Waals surface area contributed by atoms with Crippen LogP contribution in [-0.4, -0.2) is 44.9 Å². The number of amides is 1. The van der Waals surface area contributed by atoms with Crippen molar-refractivity contribution in [1.29, 1.82) is 0 Å². The molecule has 5 nitrogen and oxygen atoms in total. The summed E-state index contributed by atoms with van der Waals surface area (Å²) in [5.41, 5.74) is 1.08. The smallest absolute Gasteiger partial charge is 0.252 e. The van der Waals surface area contributed by atoms with E-state index >= 15 is 0 Å². The zero-order valence-corrected chi connectivity index (χ0v) is 13.1. The van der Waals surface area contributed by atoms with Crippen molar-refractivity contribution in [2.75, 3.05) is 19.4 Å². The summed E-state index contributed by atoms with van der Waals surface area (Å²) in [6.45, 7) is 2.37. The standard InChI is InChI=1S/C15H20N2O3S/c1-12(21(2)20)6-7-17-15(19)14-9-13(10-16-11-14)5-3-4-8-18/h9-12,18H,4,6-8H2,1-2H3,(H,17,19). The zero-order valence-electron chi connectivity index (χ0n) is 12.3. The molecule has 6 heteroatoms. The van der Waals surface area contributed by atoms with E-state index in [0.29, 0.717) is 30.5 Å². The molecule has 1 heterocycles. The number of aliphatic hydroxyl groups excluding tert-OH is 1. The molecule has 2 N–H and O–H groups in total. The molecular weight excluding hydrogens is 288 g/mol. The zero-order chi connectivity index (χ0) is 15.7. The van der Waals surface area contributed by atoms with E-state index < -0.39 is 10.8 Å². The molecule has 2 atom stereocenters. The van der Waals surface area contributed by atoms with E-state index in [1.54, 1.807) is 18.5 Å². The number of hydrogen-bond acceptors (Lipinski definition) is 4. The molecule has 0 aliphatic rings. The second-order valence-electron chi connectivity index (χ2n) is 4.59. The number of pyridine rings is 1. The predicted molar refractivity (Wildman–Crippen MR) is 83.3 cm³/mol. The van der Waals surface area contributed by atoms with Crippen molar-refractivity contribution in [3.8, 4) is 11.8 Å². The maximum absolute atomic E-state index is 12.0. The fraction of sp³-hybridized carbons (Fsp3) is 0.467. The first-order chi connectivity index (χ1) is 10.0. The molecule has 1 amide bonds. The quantitative estimate of drug-likeness (QED) is 0.758. The molecule has 0 fully saturated rings. The molecule has 0 aromatic carbocycles. The molecule has 0 bridgehead atoms. The molecule has 0 aliphatic carbocycles. The van der Waals surface area contributed by atoms with E-state index in [2.05, 4.69) is 22.1 Å². The fourth-order valence-electron chi connectivity index (χ4n) is 1.51. The second-order valence-corrected chi connectivity index (χ2v) is 6.39. The van der Waals surface area contributed by atoms with Crippen LogP contribution in [0.25, 0.3) is 0 Å². The van der Waals surface area contributed by atoms with E-state index in [4.69, 9.17) is 5.11 Å². The van der Waals surface area contributed by atoms with Gasteiger partial charge in [0.1, 0.15) is 0 Å². The monoisotopic (exact) mass is 308 g/mol. The van der Waals surface area contributed by atoms with Gasteiger partial charge in [-0.2, -0.15) is 0 Å². The van der Waals surface area contributed by atoms with Crippen LogP contribution in [0.5, 0.6) is 0 Å². The maximum atomic E-state index is 12.0. The highest BCUT2D eigenvalue weighted by atomic mass is 32.2. The lowest BCUT2D eigenvalue weighted by atomic mass is 10.2. The van der Waals surface area contributed by atoms with Crippen molar-refractivity contribution in [2.45, 2.75) is 25.0 Å². The number of aromatic nitrogens is 1. The normalized spacial score (nSPS) is 12.9. The largest absolute Gasteiger partial charge is 0.395 e. The molecule has 21 heavy (non-hydrogen) atoms. The van der Waals surface area contributed by atoms with Crippen molar-refractivity contribution < 1.29 is 14.1 Å². The molecule has 114 valence electrons. The maximum Gasteiger partial charge on any atom is 0.252 e. The SMILES string of the molecule is CC(CCNC(=O)c1cncc(C#CCCO)c1)S(C)=O. The third kappa shape index (κ3) is 6.52. The molecule has 1 aromatic heterocycles. The number of aliphatic hydroxyl groups is 1. The molecular formula is C15H20N2O3S. The minimum Gasteiger partial charge on any atom is -0.395 e. The summed E-state index contributed by atoms with van der Waals surface area (Å²) in [6.07, 6.45) is 5.77. The van der Waals surface area contributed by atoms with Gasteiger partial charge < -0.3 is 10.4 Å². The van der Waals surface area contributed by atoms with Crippen molar-refractivity contribution >= 4 is 16.7 Å². The van der Waals surface area contributed by atoms with E-state index in [0.717, 1.165) is 0 Å². The summed E-state index contributed by atoms with van der Waals surface area (Å²) in [6, 6.07) is 1.66. The van der Waals surface area contributed by atoms with Gasteiger partial charge in [0.05, 0.1) is 12.2 Å². The van der Waals surface area contributed by atoms with Gasteiger partial charge in [0.2, 0.25) is 0 Å². The Labute approximate surface area is 127 Å². The van der Waals surface area contributed by atoms with E-state index in [-0.39, 0.29) is 17.8 Å². The van der Waals surface area contributed by atoms with Gasteiger partial charge in [-0.3, -0.25) is 14.0 Å². The van der Waals surface area contributed by atoms with Gasteiger partial charge in [0.25, 0.3) is 5.91 Å². The van der Waals surface area contributed by atoms with Crippen molar-refractivity contribution in [1.82, 2.24) is 10.3 Å². The third-order valence-electron chi connectivity index (χ3n) is 2.87. The number of nitrogens with zero attached hydrogens (tertiary/aromatic N) is 1. The van der Waals surface area contributed by atoms with Gasteiger partial charge in [0, 0.05) is 53.2 Å². The first kappa shape index (κ1) is 17.3.